The van der Waals surface area contributed by atoms with Gasteiger partial charge >= 0.3 is 5.97 Å². The summed E-state index contributed by atoms with van der Waals surface area (Å²) in [5, 5.41) is 22.9. The van der Waals surface area contributed by atoms with Crippen molar-refractivity contribution in [3.8, 4) is 0 Å². The van der Waals surface area contributed by atoms with E-state index in [2.05, 4.69) is 5.32 Å². The van der Waals surface area contributed by atoms with E-state index in [1.54, 1.807) is 6.07 Å². The van der Waals surface area contributed by atoms with Gasteiger partial charge in [-0.3, -0.25) is 0 Å². The van der Waals surface area contributed by atoms with E-state index in [1.807, 2.05) is 12.1 Å². The van der Waals surface area contributed by atoms with Gasteiger partial charge in [-0.15, -0.1) is 0 Å². The Morgan fingerprint density at radius 3 is 2.80 bits per heavy atom. The molecule has 0 saturated heterocycles. The minimum Gasteiger partial charge on any atom is -0.475 e. The molecule has 0 radical (unpaired) electrons. The van der Waals surface area contributed by atoms with E-state index in [0.29, 0.717) is 18.7 Å². The standard InChI is InChI=1S/C15H17NO4/c17-14(18)13-7-11-6-10(2-3-12(11)20-13)8-16-9-15(19)4-1-5-15/h2-3,6-7,16,19H,1,4-5,8-9H2,(H,17,18). The molecule has 1 heterocycles. The molecule has 106 valence electrons. The number of benzene rings is 1. The van der Waals surface area contributed by atoms with Gasteiger partial charge in [0.25, 0.3) is 0 Å². The highest BCUT2D eigenvalue weighted by atomic mass is 16.4. The molecule has 0 atom stereocenters. The number of carbonyl (C=O) groups is 1. The van der Waals surface area contributed by atoms with E-state index >= 15 is 0 Å². The molecular formula is C15H17NO4. The SMILES string of the molecule is O=C(O)c1cc2cc(CNCC3(O)CCC3)ccc2o1. The van der Waals surface area contributed by atoms with Gasteiger partial charge in [0.1, 0.15) is 5.58 Å². The molecule has 0 aliphatic heterocycles. The average molecular weight is 275 g/mol. The monoisotopic (exact) mass is 275 g/mol. The second kappa shape index (κ2) is 4.92. The van der Waals surface area contributed by atoms with Crippen LogP contribution in [0.25, 0.3) is 11.0 Å². The van der Waals surface area contributed by atoms with Crippen molar-refractivity contribution in [2.75, 3.05) is 6.54 Å². The van der Waals surface area contributed by atoms with Gasteiger partial charge in [-0.05, 0) is 43.0 Å². The third kappa shape index (κ3) is 2.55. The Balaban J connectivity index is 1.67. The summed E-state index contributed by atoms with van der Waals surface area (Å²) in [6, 6.07) is 7.11. The molecule has 5 nitrogen and oxygen atoms in total. The number of fused-ring (bicyclic) bond motifs is 1. The maximum atomic E-state index is 10.8. The minimum atomic E-state index is -1.06. The summed E-state index contributed by atoms with van der Waals surface area (Å²) >= 11 is 0. The Morgan fingerprint density at radius 1 is 1.35 bits per heavy atom. The van der Waals surface area contributed by atoms with Gasteiger partial charge < -0.3 is 19.9 Å². The number of hydrogen-bond donors (Lipinski definition) is 3. The van der Waals surface area contributed by atoms with Crippen molar-refractivity contribution in [1.29, 1.82) is 0 Å². The molecule has 1 aromatic heterocycles. The zero-order valence-corrected chi connectivity index (χ0v) is 11.1. The van der Waals surface area contributed by atoms with Crippen molar-refractivity contribution in [1.82, 2.24) is 5.32 Å². The summed E-state index contributed by atoms with van der Waals surface area (Å²) in [7, 11) is 0. The average Bonchev–Trinajstić information content (AvgIpc) is 2.80. The number of nitrogens with one attached hydrogen (secondary N) is 1. The first-order chi connectivity index (χ1) is 9.56. The molecule has 0 spiro atoms. The van der Waals surface area contributed by atoms with Crippen molar-refractivity contribution >= 4 is 16.9 Å². The van der Waals surface area contributed by atoms with Crippen LogP contribution in [0.15, 0.2) is 28.7 Å². The zero-order chi connectivity index (χ0) is 14.2. The maximum absolute atomic E-state index is 10.8. The molecule has 20 heavy (non-hydrogen) atoms. The second-order valence-electron chi connectivity index (χ2n) is 5.47. The summed E-state index contributed by atoms with van der Waals surface area (Å²) in [6.45, 7) is 1.24. The quantitative estimate of drug-likeness (QED) is 0.778. The van der Waals surface area contributed by atoms with Crippen LogP contribution < -0.4 is 5.32 Å². The first-order valence-corrected chi connectivity index (χ1v) is 6.75. The fourth-order valence-electron chi connectivity index (χ4n) is 2.51. The first-order valence-electron chi connectivity index (χ1n) is 6.75. The smallest absolute Gasteiger partial charge is 0.371 e. The van der Waals surface area contributed by atoms with Crippen LogP contribution in [0.4, 0.5) is 0 Å². The molecule has 1 fully saturated rings. The fraction of sp³-hybridized carbons (Fsp3) is 0.400. The van der Waals surface area contributed by atoms with Gasteiger partial charge in [-0.1, -0.05) is 6.07 Å². The minimum absolute atomic E-state index is 0.0473. The van der Waals surface area contributed by atoms with Crippen molar-refractivity contribution in [3.05, 3.63) is 35.6 Å². The van der Waals surface area contributed by atoms with Gasteiger partial charge in [0.15, 0.2) is 0 Å². The molecule has 1 aliphatic carbocycles. The van der Waals surface area contributed by atoms with E-state index in [9.17, 15) is 9.90 Å². The zero-order valence-electron chi connectivity index (χ0n) is 11.1. The molecule has 1 saturated carbocycles. The summed E-state index contributed by atoms with van der Waals surface area (Å²) in [6.07, 6.45) is 2.82. The Kier molecular flexibility index (Phi) is 3.23. The summed E-state index contributed by atoms with van der Waals surface area (Å²) in [4.78, 5) is 10.8. The van der Waals surface area contributed by atoms with Crippen LogP contribution in [0.5, 0.6) is 0 Å². The Hall–Kier alpha value is -1.85. The normalized spacial score (nSPS) is 17.1. The van der Waals surface area contributed by atoms with Gasteiger partial charge in [0.2, 0.25) is 5.76 Å². The topological polar surface area (TPSA) is 82.7 Å². The second-order valence-corrected chi connectivity index (χ2v) is 5.47. The molecule has 0 unspecified atom stereocenters. The lowest BCUT2D eigenvalue weighted by atomic mass is 9.80. The molecule has 0 amide bonds. The molecule has 5 heteroatoms. The van der Waals surface area contributed by atoms with E-state index in [-0.39, 0.29) is 5.76 Å². The van der Waals surface area contributed by atoms with Crippen LogP contribution in [0.3, 0.4) is 0 Å². The van der Waals surface area contributed by atoms with Gasteiger partial charge in [-0.25, -0.2) is 4.79 Å². The van der Waals surface area contributed by atoms with Crippen LogP contribution in [0.2, 0.25) is 0 Å². The van der Waals surface area contributed by atoms with Crippen LogP contribution in [0.1, 0.15) is 35.4 Å². The predicted octanol–water partition coefficient (Wildman–Crippen LogP) is 2.14. The van der Waals surface area contributed by atoms with Crippen molar-refractivity contribution in [2.24, 2.45) is 0 Å². The van der Waals surface area contributed by atoms with E-state index in [1.165, 1.54) is 6.07 Å². The van der Waals surface area contributed by atoms with E-state index in [4.69, 9.17) is 9.52 Å². The largest absolute Gasteiger partial charge is 0.475 e. The maximum Gasteiger partial charge on any atom is 0.371 e. The first kappa shape index (κ1) is 13.1. The fourth-order valence-corrected chi connectivity index (χ4v) is 2.51. The third-order valence-electron chi connectivity index (χ3n) is 3.86. The lowest BCUT2D eigenvalue weighted by molar-refractivity contribution is -0.0314. The molecule has 1 aromatic carbocycles. The van der Waals surface area contributed by atoms with Crippen LogP contribution in [0, 0.1) is 0 Å². The summed E-state index contributed by atoms with van der Waals surface area (Å²) in [5.41, 5.74) is 1.08. The lowest BCUT2D eigenvalue weighted by Crippen LogP contribution is -2.45. The molecule has 3 rings (SSSR count). The lowest BCUT2D eigenvalue weighted by Gasteiger charge is -2.36. The number of furan rings is 1. The number of rotatable bonds is 5. The third-order valence-corrected chi connectivity index (χ3v) is 3.86. The number of hydrogen-bond acceptors (Lipinski definition) is 4. The van der Waals surface area contributed by atoms with E-state index in [0.717, 1.165) is 30.2 Å². The molecule has 0 bridgehead atoms. The van der Waals surface area contributed by atoms with Gasteiger partial charge in [0.05, 0.1) is 5.60 Å². The summed E-state index contributed by atoms with van der Waals surface area (Å²) in [5.74, 6) is -1.11. The number of aromatic carboxylic acids is 1. The van der Waals surface area contributed by atoms with Crippen LogP contribution in [-0.4, -0.2) is 28.3 Å². The van der Waals surface area contributed by atoms with Gasteiger partial charge in [0, 0.05) is 18.5 Å². The molecule has 1 aliphatic rings. The molecule has 3 N–H and O–H groups in total. The number of aliphatic hydroxyl groups is 1. The number of carboxylic acids is 1. The highest BCUT2D eigenvalue weighted by molar-refractivity contribution is 5.91. The van der Waals surface area contributed by atoms with Crippen molar-refractivity contribution < 1.29 is 19.4 Å². The van der Waals surface area contributed by atoms with Crippen LogP contribution >= 0.6 is 0 Å². The molecule has 2 aromatic rings. The highest BCUT2D eigenvalue weighted by Crippen LogP contribution is 2.30. The highest BCUT2D eigenvalue weighted by Gasteiger charge is 2.33. The van der Waals surface area contributed by atoms with E-state index < -0.39 is 11.6 Å². The predicted molar refractivity (Wildman–Crippen MR) is 73.7 cm³/mol. The van der Waals surface area contributed by atoms with Crippen molar-refractivity contribution in [3.63, 3.8) is 0 Å². The Morgan fingerprint density at radius 2 is 2.15 bits per heavy atom. The Bertz CT molecular complexity index is 642. The Labute approximate surface area is 116 Å². The van der Waals surface area contributed by atoms with Crippen LogP contribution in [-0.2, 0) is 6.54 Å². The molecular weight excluding hydrogens is 258 g/mol. The van der Waals surface area contributed by atoms with Gasteiger partial charge in [-0.2, -0.15) is 0 Å². The summed E-state index contributed by atoms with van der Waals surface area (Å²) < 4.78 is 5.21. The number of carboxylic acid groups (broad SMARTS) is 1. The van der Waals surface area contributed by atoms with Crippen molar-refractivity contribution in [2.45, 2.75) is 31.4 Å².